The van der Waals surface area contributed by atoms with Gasteiger partial charge in [-0.05, 0) is 29.3 Å². The maximum atomic E-state index is 12.5. The predicted molar refractivity (Wildman–Crippen MR) is 105 cm³/mol. The zero-order chi connectivity index (χ0) is 18.5. The summed E-state index contributed by atoms with van der Waals surface area (Å²) in [6.45, 7) is 0.717. The highest BCUT2D eigenvalue weighted by atomic mass is 16.5. The molecule has 1 heterocycles. The molecule has 0 amide bonds. The molecule has 0 aliphatic carbocycles. The van der Waals surface area contributed by atoms with Gasteiger partial charge in [-0.25, -0.2) is 4.79 Å². The molecule has 0 radical (unpaired) electrons. The second-order valence-electron chi connectivity index (χ2n) is 6.22. The molecule has 4 heteroatoms. The number of carbonyl (C=O) groups excluding carboxylic acids is 1. The topological polar surface area (TPSA) is 40.5 Å². The van der Waals surface area contributed by atoms with Gasteiger partial charge in [-0.15, -0.1) is 0 Å². The first-order valence-electron chi connectivity index (χ1n) is 8.78. The molecule has 0 saturated carbocycles. The summed E-state index contributed by atoms with van der Waals surface area (Å²) < 4.78 is 12.8. The SMILES string of the molecule is O=C(OCc1ccccc1)n1ccc2ccc(OCc3ccccc3)cc21. The Balaban J connectivity index is 1.48. The molecule has 0 spiro atoms. The van der Waals surface area contributed by atoms with E-state index >= 15 is 0 Å². The summed E-state index contributed by atoms with van der Waals surface area (Å²) in [7, 11) is 0. The Morgan fingerprint density at radius 2 is 1.44 bits per heavy atom. The lowest BCUT2D eigenvalue weighted by molar-refractivity contribution is 0.142. The Bertz CT molecular complexity index is 1040. The summed E-state index contributed by atoms with van der Waals surface area (Å²) in [6, 6.07) is 27.2. The van der Waals surface area contributed by atoms with Gasteiger partial charge in [0.2, 0.25) is 0 Å². The van der Waals surface area contributed by atoms with E-state index in [1.54, 1.807) is 6.20 Å². The predicted octanol–water partition coefficient (Wildman–Crippen LogP) is 5.41. The number of fused-ring (bicyclic) bond motifs is 1. The summed E-state index contributed by atoms with van der Waals surface area (Å²) >= 11 is 0. The number of rotatable bonds is 5. The third-order valence-corrected chi connectivity index (χ3v) is 4.31. The van der Waals surface area contributed by atoms with E-state index in [1.807, 2.05) is 84.9 Å². The van der Waals surface area contributed by atoms with Crippen molar-refractivity contribution < 1.29 is 14.3 Å². The maximum Gasteiger partial charge on any atom is 0.418 e. The van der Waals surface area contributed by atoms with Crippen molar-refractivity contribution in [2.75, 3.05) is 0 Å². The fourth-order valence-corrected chi connectivity index (χ4v) is 2.89. The summed E-state index contributed by atoms with van der Waals surface area (Å²) in [5.41, 5.74) is 2.81. The lowest BCUT2D eigenvalue weighted by Crippen LogP contribution is -2.12. The average molecular weight is 357 g/mol. The lowest BCUT2D eigenvalue weighted by atomic mass is 10.2. The molecule has 0 saturated heterocycles. The molecule has 4 nitrogen and oxygen atoms in total. The van der Waals surface area contributed by atoms with Crippen LogP contribution in [0.3, 0.4) is 0 Å². The van der Waals surface area contributed by atoms with E-state index in [-0.39, 0.29) is 6.61 Å². The Morgan fingerprint density at radius 1 is 0.778 bits per heavy atom. The van der Waals surface area contributed by atoms with Crippen LogP contribution in [0.2, 0.25) is 0 Å². The van der Waals surface area contributed by atoms with Gasteiger partial charge in [0.05, 0.1) is 5.52 Å². The normalized spacial score (nSPS) is 10.7. The van der Waals surface area contributed by atoms with Crippen molar-refractivity contribution in [1.29, 1.82) is 0 Å². The quantitative estimate of drug-likeness (QED) is 0.480. The maximum absolute atomic E-state index is 12.5. The Kier molecular flexibility index (Phi) is 4.88. The van der Waals surface area contributed by atoms with Crippen molar-refractivity contribution in [2.24, 2.45) is 0 Å². The minimum Gasteiger partial charge on any atom is -0.489 e. The third kappa shape index (κ3) is 4.01. The van der Waals surface area contributed by atoms with E-state index in [4.69, 9.17) is 9.47 Å². The number of ether oxygens (including phenoxy) is 2. The molecule has 0 aliphatic rings. The highest BCUT2D eigenvalue weighted by Gasteiger charge is 2.11. The zero-order valence-corrected chi connectivity index (χ0v) is 14.7. The first-order valence-corrected chi connectivity index (χ1v) is 8.78. The van der Waals surface area contributed by atoms with Crippen molar-refractivity contribution in [1.82, 2.24) is 4.57 Å². The highest BCUT2D eigenvalue weighted by molar-refractivity contribution is 5.90. The number of hydrogen-bond donors (Lipinski definition) is 0. The minimum atomic E-state index is -0.408. The van der Waals surface area contributed by atoms with Crippen molar-refractivity contribution in [3.05, 3.63) is 102 Å². The monoisotopic (exact) mass is 357 g/mol. The van der Waals surface area contributed by atoms with Crippen LogP contribution in [0.5, 0.6) is 5.75 Å². The van der Waals surface area contributed by atoms with Crippen molar-refractivity contribution in [3.63, 3.8) is 0 Å². The Hall–Kier alpha value is -3.53. The largest absolute Gasteiger partial charge is 0.489 e. The van der Waals surface area contributed by atoms with Crippen molar-refractivity contribution in [2.45, 2.75) is 13.2 Å². The van der Waals surface area contributed by atoms with Crippen LogP contribution in [0.4, 0.5) is 4.79 Å². The van der Waals surface area contributed by atoms with Gasteiger partial charge in [0, 0.05) is 17.6 Å². The average Bonchev–Trinajstić information content (AvgIpc) is 3.15. The first kappa shape index (κ1) is 16.9. The second-order valence-corrected chi connectivity index (χ2v) is 6.22. The molecular formula is C23H19NO3. The number of benzene rings is 3. The molecule has 4 rings (SSSR count). The molecule has 0 N–H and O–H groups in total. The molecule has 0 atom stereocenters. The van der Waals surface area contributed by atoms with Gasteiger partial charge in [0.15, 0.2) is 0 Å². The molecule has 134 valence electrons. The van der Waals surface area contributed by atoms with Crippen LogP contribution in [-0.2, 0) is 18.0 Å². The third-order valence-electron chi connectivity index (χ3n) is 4.31. The van der Waals surface area contributed by atoms with E-state index in [0.29, 0.717) is 12.4 Å². The molecule has 0 aliphatic heterocycles. The van der Waals surface area contributed by atoms with E-state index in [0.717, 1.165) is 22.0 Å². The van der Waals surface area contributed by atoms with Gasteiger partial charge in [-0.3, -0.25) is 4.57 Å². The standard InChI is InChI=1S/C23H19NO3/c25-23(27-17-19-9-5-2-6-10-19)24-14-13-20-11-12-21(15-22(20)24)26-16-18-7-3-1-4-8-18/h1-15H,16-17H2. The summed E-state index contributed by atoms with van der Waals surface area (Å²) in [6.07, 6.45) is 1.31. The first-order chi connectivity index (χ1) is 13.3. The highest BCUT2D eigenvalue weighted by Crippen LogP contribution is 2.23. The van der Waals surface area contributed by atoms with Gasteiger partial charge in [-0.2, -0.15) is 0 Å². The Morgan fingerprint density at radius 3 is 2.15 bits per heavy atom. The van der Waals surface area contributed by atoms with Gasteiger partial charge in [0.25, 0.3) is 0 Å². The van der Waals surface area contributed by atoms with Gasteiger partial charge in [0.1, 0.15) is 19.0 Å². The molecule has 1 aromatic heterocycles. The fourth-order valence-electron chi connectivity index (χ4n) is 2.89. The number of nitrogens with zero attached hydrogens (tertiary/aromatic N) is 1. The van der Waals surface area contributed by atoms with Crippen molar-refractivity contribution >= 4 is 17.0 Å². The van der Waals surface area contributed by atoms with Gasteiger partial charge >= 0.3 is 6.09 Å². The van der Waals surface area contributed by atoms with Gasteiger partial charge < -0.3 is 9.47 Å². The lowest BCUT2D eigenvalue weighted by Gasteiger charge is -2.09. The van der Waals surface area contributed by atoms with Crippen LogP contribution < -0.4 is 4.74 Å². The Labute approximate surface area is 157 Å². The molecular weight excluding hydrogens is 338 g/mol. The summed E-state index contributed by atoms with van der Waals surface area (Å²) in [5.74, 6) is 0.710. The number of carbonyl (C=O) groups is 1. The van der Waals surface area contributed by atoms with Crippen LogP contribution >= 0.6 is 0 Å². The molecule has 0 bridgehead atoms. The van der Waals surface area contributed by atoms with E-state index in [2.05, 4.69) is 0 Å². The molecule has 27 heavy (non-hydrogen) atoms. The van der Waals surface area contributed by atoms with Gasteiger partial charge in [-0.1, -0.05) is 60.7 Å². The van der Waals surface area contributed by atoms with Crippen LogP contribution in [0.1, 0.15) is 11.1 Å². The second kappa shape index (κ2) is 7.79. The smallest absolute Gasteiger partial charge is 0.418 e. The number of aromatic nitrogens is 1. The summed E-state index contributed by atoms with van der Waals surface area (Å²) in [4.78, 5) is 12.5. The molecule has 3 aromatic carbocycles. The minimum absolute atomic E-state index is 0.240. The molecule has 0 fully saturated rings. The van der Waals surface area contributed by atoms with Crippen molar-refractivity contribution in [3.8, 4) is 5.75 Å². The van der Waals surface area contributed by atoms with E-state index < -0.39 is 6.09 Å². The van der Waals surface area contributed by atoms with Crippen LogP contribution in [0, 0.1) is 0 Å². The fraction of sp³-hybridized carbons (Fsp3) is 0.0870. The van der Waals surface area contributed by atoms with Crippen LogP contribution in [0.15, 0.2) is 91.1 Å². The molecule has 0 unspecified atom stereocenters. The zero-order valence-electron chi connectivity index (χ0n) is 14.7. The number of hydrogen-bond acceptors (Lipinski definition) is 3. The molecule has 4 aromatic rings. The summed E-state index contributed by atoms with van der Waals surface area (Å²) in [5, 5.41) is 0.957. The van der Waals surface area contributed by atoms with E-state index in [1.165, 1.54) is 4.57 Å². The van der Waals surface area contributed by atoms with Crippen LogP contribution in [-0.4, -0.2) is 10.7 Å². The van der Waals surface area contributed by atoms with E-state index in [9.17, 15) is 4.79 Å². The van der Waals surface area contributed by atoms with Crippen LogP contribution in [0.25, 0.3) is 10.9 Å².